The molecule has 2 aromatic carbocycles. The van der Waals surface area contributed by atoms with Crippen molar-refractivity contribution in [3.05, 3.63) is 59.9 Å². The van der Waals surface area contributed by atoms with Crippen LogP contribution in [-0.2, 0) is 13.1 Å². The molecular formula is C22H29N5O. The number of imidazole rings is 1. The van der Waals surface area contributed by atoms with E-state index in [4.69, 9.17) is 4.74 Å². The topological polar surface area (TPSA) is 63.5 Å². The van der Waals surface area contributed by atoms with Crippen molar-refractivity contribution >= 4 is 17.0 Å². The van der Waals surface area contributed by atoms with Gasteiger partial charge in [-0.2, -0.15) is 0 Å². The predicted molar refractivity (Wildman–Crippen MR) is 115 cm³/mol. The molecule has 0 atom stereocenters. The third-order valence-electron chi connectivity index (χ3n) is 4.64. The van der Waals surface area contributed by atoms with Crippen molar-refractivity contribution in [2.24, 2.45) is 4.99 Å². The monoisotopic (exact) mass is 379 g/mol. The number of nitrogens with one attached hydrogen (secondary N) is 2. The molecule has 28 heavy (non-hydrogen) atoms. The molecule has 0 aliphatic heterocycles. The molecule has 3 rings (SSSR count). The summed E-state index contributed by atoms with van der Waals surface area (Å²) in [7, 11) is 1.79. The summed E-state index contributed by atoms with van der Waals surface area (Å²) < 4.78 is 7.95. The van der Waals surface area contributed by atoms with Gasteiger partial charge in [0.05, 0.1) is 17.6 Å². The number of para-hydroxylation sites is 3. The van der Waals surface area contributed by atoms with Crippen LogP contribution < -0.4 is 15.4 Å². The lowest BCUT2D eigenvalue weighted by atomic mass is 10.2. The van der Waals surface area contributed by atoms with Crippen molar-refractivity contribution in [3.8, 4) is 5.75 Å². The molecule has 2 N–H and O–H groups in total. The summed E-state index contributed by atoms with van der Waals surface area (Å²) >= 11 is 0. The molecule has 0 saturated carbocycles. The van der Waals surface area contributed by atoms with E-state index in [9.17, 15) is 0 Å². The third-order valence-corrected chi connectivity index (χ3v) is 4.64. The Kier molecular flexibility index (Phi) is 6.89. The number of benzene rings is 2. The third kappa shape index (κ3) is 4.82. The number of rotatable bonds is 8. The number of hydrogen-bond acceptors (Lipinski definition) is 3. The van der Waals surface area contributed by atoms with Crippen LogP contribution in [0.25, 0.3) is 11.0 Å². The molecule has 6 heteroatoms. The summed E-state index contributed by atoms with van der Waals surface area (Å²) in [4.78, 5) is 8.94. The van der Waals surface area contributed by atoms with Crippen molar-refractivity contribution in [2.45, 2.75) is 33.4 Å². The number of hydrogen-bond donors (Lipinski definition) is 2. The van der Waals surface area contributed by atoms with Crippen LogP contribution in [0.4, 0.5) is 0 Å². The van der Waals surface area contributed by atoms with E-state index >= 15 is 0 Å². The fraction of sp³-hybridized carbons (Fsp3) is 0.364. The molecule has 6 nitrogen and oxygen atoms in total. The zero-order valence-corrected chi connectivity index (χ0v) is 16.9. The smallest absolute Gasteiger partial charge is 0.191 e. The second kappa shape index (κ2) is 9.78. The van der Waals surface area contributed by atoms with Crippen LogP contribution in [-0.4, -0.2) is 35.7 Å². The first kappa shape index (κ1) is 19.7. The van der Waals surface area contributed by atoms with E-state index in [0.717, 1.165) is 48.1 Å². The van der Waals surface area contributed by atoms with Crippen LogP contribution in [0.5, 0.6) is 5.75 Å². The molecule has 0 saturated heterocycles. The number of fused-ring (bicyclic) bond motifs is 1. The van der Waals surface area contributed by atoms with Gasteiger partial charge in [-0.15, -0.1) is 0 Å². The van der Waals surface area contributed by atoms with Gasteiger partial charge in [-0.3, -0.25) is 4.99 Å². The second-order valence-electron chi connectivity index (χ2n) is 6.55. The summed E-state index contributed by atoms with van der Waals surface area (Å²) in [5.74, 6) is 2.75. The zero-order valence-electron chi connectivity index (χ0n) is 16.9. The Morgan fingerprint density at radius 1 is 1.11 bits per heavy atom. The molecule has 1 heterocycles. The SMILES string of the molecule is CCOc1ccccc1CNC(=NC)NCCCn1c(C)nc2ccccc21. The average Bonchev–Trinajstić information content (AvgIpc) is 3.04. The van der Waals surface area contributed by atoms with E-state index < -0.39 is 0 Å². The van der Waals surface area contributed by atoms with Crippen molar-refractivity contribution in [1.82, 2.24) is 20.2 Å². The number of guanidine groups is 1. The van der Waals surface area contributed by atoms with Gasteiger partial charge in [0, 0.05) is 32.2 Å². The van der Waals surface area contributed by atoms with E-state index in [1.54, 1.807) is 7.05 Å². The first-order chi connectivity index (χ1) is 13.7. The van der Waals surface area contributed by atoms with Crippen LogP contribution in [0.3, 0.4) is 0 Å². The Balaban J connectivity index is 1.49. The first-order valence-corrected chi connectivity index (χ1v) is 9.80. The largest absolute Gasteiger partial charge is 0.494 e. The summed E-state index contributed by atoms with van der Waals surface area (Å²) in [5, 5.41) is 6.74. The summed E-state index contributed by atoms with van der Waals surface area (Å²) in [6.45, 7) is 7.13. The molecule has 0 unspecified atom stereocenters. The van der Waals surface area contributed by atoms with Gasteiger partial charge in [0.15, 0.2) is 5.96 Å². The molecule has 3 aromatic rings. The van der Waals surface area contributed by atoms with Crippen LogP contribution >= 0.6 is 0 Å². The molecule has 0 aliphatic rings. The summed E-state index contributed by atoms with van der Waals surface area (Å²) in [6, 6.07) is 16.3. The van der Waals surface area contributed by atoms with Crippen molar-refractivity contribution in [2.75, 3.05) is 20.2 Å². The van der Waals surface area contributed by atoms with Crippen molar-refractivity contribution in [3.63, 3.8) is 0 Å². The Morgan fingerprint density at radius 2 is 1.89 bits per heavy atom. The molecule has 148 valence electrons. The normalized spacial score (nSPS) is 11.6. The highest BCUT2D eigenvalue weighted by molar-refractivity contribution is 5.79. The molecule has 0 aliphatic carbocycles. The highest BCUT2D eigenvalue weighted by Crippen LogP contribution is 2.17. The van der Waals surface area contributed by atoms with Crippen LogP contribution in [0.1, 0.15) is 24.7 Å². The maximum Gasteiger partial charge on any atom is 0.191 e. The van der Waals surface area contributed by atoms with Crippen LogP contribution in [0, 0.1) is 6.92 Å². The predicted octanol–water partition coefficient (Wildman–Crippen LogP) is 3.50. The van der Waals surface area contributed by atoms with E-state index in [0.29, 0.717) is 13.2 Å². The van der Waals surface area contributed by atoms with E-state index in [-0.39, 0.29) is 0 Å². The number of aromatic nitrogens is 2. The highest BCUT2D eigenvalue weighted by Gasteiger charge is 2.07. The lowest BCUT2D eigenvalue weighted by Crippen LogP contribution is -2.37. The number of nitrogens with zero attached hydrogens (tertiary/aromatic N) is 3. The van der Waals surface area contributed by atoms with Gasteiger partial charge in [0.1, 0.15) is 11.6 Å². The molecule has 0 amide bonds. The molecular weight excluding hydrogens is 350 g/mol. The minimum atomic E-state index is 0.659. The highest BCUT2D eigenvalue weighted by atomic mass is 16.5. The standard InChI is InChI=1S/C22H29N5O/c1-4-28-21-13-8-5-10-18(21)16-25-22(23-3)24-14-9-15-27-17(2)26-19-11-6-7-12-20(19)27/h5-8,10-13H,4,9,14-16H2,1-3H3,(H2,23,24,25). The number of ether oxygens (including phenoxy) is 1. The van der Waals surface area contributed by atoms with Crippen molar-refractivity contribution < 1.29 is 4.74 Å². The Morgan fingerprint density at radius 3 is 2.71 bits per heavy atom. The van der Waals surface area contributed by atoms with Crippen LogP contribution in [0.2, 0.25) is 0 Å². The van der Waals surface area contributed by atoms with E-state index in [1.807, 2.05) is 31.2 Å². The summed E-state index contributed by atoms with van der Waals surface area (Å²) in [5.41, 5.74) is 3.36. The van der Waals surface area contributed by atoms with Gasteiger partial charge >= 0.3 is 0 Å². The Labute approximate surface area is 166 Å². The first-order valence-electron chi connectivity index (χ1n) is 9.80. The quantitative estimate of drug-likeness (QED) is 0.357. The van der Waals surface area contributed by atoms with Gasteiger partial charge in [0.25, 0.3) is 0 Å². The number of aliphatic imine (C=N–C) groups is 1. The van der Waals surface area contributed by atoms with Gasteiger partial charge in [0.2, 0.25) is 0 Å². The minimum absolute atomic E-state index is 0.659. The molecule has 0 radical (unpaired) electrons. The molecule has 0 bridgehead atoms. The summed E-state index contributed by atoms with van der Waals surface area (Å²) in [6.07, 6.45) is 0.984. The molecule has 0 fully saturated rings. The zero-order chi connectivity index (χ0) is 19.8. The Bertz CT molecular complexity index is 932. The van der Waals surface area contributed by atoms with Gasteiger partial charge < -0.3 is 19.9 Å². The lowest BCUT2D eigenvalue weighted by Gasteiger charge is -2.14. The fourth-order valence-corrected chi connectivity index (χ4v) is 3.27. The van der Waals surface area contributed by atoms with Gasteiger partial charge in [-0.05, 0) is 38.5 Å². The van der Waals surface area contributed by atoms with E-state index in [2.05, 4.69) is 56.4 Å². The maximum atomic E-state index is 5.68. The lowest BCUT2D eigenvalue weighted by molar-refractivity contribution is 0.336. The average molecular weight is 380 g/mol. The fourth-order valence-electron chi connectivity index (χ4n) is 3.27. The molecule has 0 spiro atoms. The number of aryl methyl sites for hydroxylation is 2. The second-order valence-corrected chi connectivity index (χ2v) is 6.55. The van der Waals surface area contributed by atoms with Gasteiger partial charge in [-0.1, -0.05) is 30.3 Å². The molecule has 1 aromatic heterocycles. The van der Waals surface area contributed by atoms with E-state index in [1.165, 1.54) is 5.52 Å². The van der Waals surface area contributed by atoms with Crippen LogP contribution in [0.15, 0.2) is 53.5 Å². The Hall–Kier alpha value is -3.02. The van der Waals surface area contributed by atoms with Gasteiger partial charge in [-0.25, -0.2) is 4.98 Å². The van der Waals surface area contributed by atoms with Crippen molar-refractivity contribution in [1.29, 1.82) is 0 Å². The maximum absolute atomic E-state index is 5.68. The minimum Gasteiger partial charge on any atom is -0.494 e.